The fraction of sp³-hybridized carbons (Fsp3) is 0.125. The average molecular weight is 190 g/mol. The maximum atomic E-state index is 12.8. The van der Waals surface area contributed by atoms with Crippen LogP contribution in [0.5, 0.6) is 0 Å². The van der Waals surface area contributed by atoms with Crippen molar-refractivity contribution in [1.29, 1.82) is 0 Å². The molecular formula is C8H5F3O2. The molecule has 1 unspecified atom stereocenters. The highest BCUT2D eigenvalue weighted by Gasteiger charge is 2.24. The van der Waals surface area contributed by atoms with E-state index in [0.29, 0.717) is 0 Å². The van der Waals surface area contributed by atoms with Gasteiger partial charge in [-0.05, 0) is 6.07 Å². The molecule has 0 amide bonds. The van der Waals surface area contributed by atoms with Gasteiger partial charge >= 0.3 is 5.97 Å². The highest BCUT2D eigenvalue weighted by molar-refractivity contribution is 5.75. The highest BCUT2D eigenvalue weighted by atomic mass is 19.3. The first-order valence-corrected chi connectivity index (χ1v) is 3.37. The maximum absolute atomic E-state index is 12.8. The van der Waals surface area contributed by atoms with Gasteiger partial charge in [-0.2, -0.15) is 0 Å². The van der Waals surface area contributed by atoms with E-state index in [2.05, 4.69) is 4.94 Å². The van der Waals surface area contributed by atoms with E-state index in [-0.39, 0.29) is 0 Å². The predicted octanol–water partition coefficient (Wildman–Crippen LogP) is 2.26. The molecule has 0 aromatic heterocycles. The van der Waals surface area contributed by atoms with Crippen LogP contribution in [0.3, 0.4) is 0 Å². The van der Waals surface area contributed by atoms with Crippen LogP contribution in [-0.4, -0.2) is 5.97 Å². The Morgan fingerprint density at radius 3 is 2.54 bits per heavy atom. The third-order valence-electron chi connectivity index (χ3n) is 1.46. The Morgan fingerprint density at radius 2 is 2.00 bits per heavy atom. The van der Waals surface area contributed by atoms with E-state index in [1.165, 1.54) is 12.1 Å². The molecular weight excluding hydrogens is 185 g/mol. The predicted molar refractivity (Wildman–Crippen MR) is 37.4 cm³/mol. The van der Waals surface area contributed by atoms with Gasteiger partial charge in [0.15, 0.2) is 0 Å². The summed E-state index contributed by atoms with van der Waals surface area (Å²) >= 11 is 0. The summed E-state index contributed by atoms with van der Waals surface area (Å²) in [4.78, 5) is 13.0. The third kappa shape index (κ3) is 1.99. The fourth-order valence-electron chi connectivity index (χ4n) is 0.847. The van der Waals surface area contributed by atoms with Gasteiger partial charge in [0.25, 0.3) is 0 Å². The second kappa shape index (κ2) is 3.93. The Bertz CT molecular complexity index is 314. The molecule has 0 aliphatic heterocycles. The number of carbonyl (C=O) groups excluding carboxylic acids is 1. The second-order valence-electron chi connectivity index (χ2n) is 2.28. The summed E-state index contributed by atoms with van der Waals surface area (Å²) in [6, 6.07) is 4.66. The van der Waals surface area contributed by atoms with Gasteiger partial charge in [0.05, 0.1) is 0 Å². The lowest BCUT2D eigenvalue weighted by Crippen LogP contribution is -2.09. The van der Waals surface area contributed by atoms with Crippen molar-refractivity contribution in [2.24, 2.45) is 0 Å². The zero-order valence-corrected chi connectivity index (χ0v) is 6.34. The molecule has 70 valence electrons. The van der Waals surface area contributed by atoms with Crippen molar-refractivity contribution < 1.29 is 23.0 Å². The molecule has 1 aromatic carbocycles. The van der Waals surface area contributed by atoms with Gasteiger partial charge in [-0.25, -0.2) is 13.6 Å². The lowest BCUT2D eigenvalue weighted by atomic mass is 10.1. The lowest BCUT2D eigenvalue weighted by molar-refractivity contribution is -0.190. The van der Waals surface area contributed by atoms with Crippen molar-refractivity contribution in [3.05, 3.63) is 35.6 Å². The molecule has 0 heterocycles. The van der Waals surface area contributed by atoms with Crippen LogP contribution in [0.25, 0.3) is 0 Å². The van der Waals surface area contributed by atoms with Crippen LogP contribution in [0, 0.1) is 5.82 Å². The minimum atomic E-state index is -2.42. The van der Waals surface area contributed by atoms with E-state index in [1.54, 1.807) is 0 Å². The molecule has 0 spiro atoms. The molecule has 0 aliphatic rings. The van der Waals surface area contributed by atoms with Crippen LogP contribution >= 0.6 is 0 Å². The number of benzene rings is 1. The number of hydrogen-bond acceptors (Lipinski definition) is 2. The topological polar surface area (TPSA) is 26.3 Å². The molecule has 1 atom stereocenters. The van der Waals surface area contributed by atoms with Gasteiger partial charge in [0.1, 0.15) is 5.82 Å². The van der Waals surface area contributed by atoms with E-state index in [0.717, 1.165) is 12.1 Å². The van der Waals surface area contributed by atoms with Crippen molar-refractivity contribution in [3.8, 4) is 0 Å². The minimum absolute atomic E-state index is 0.537. The van der Waals surface area contributed by atoms with Gasteiger partial charge in [-0.15, -0.1) is 0 Å². The highest BCUT2D eigenvalue weighted by Crippen LogP contribution is 2.21. The Labute approximate surface area is 71.8 Å². The van der Waals surface area contributed by atoms with Crippen molar-refractivity contribution in [1.82, 2.24) is 0 Å². The molecule has 0 aliphatic carbocycles. The second-order valence-corrected chi connectivity index (χ2v) is 2.28. The molecule has 13 heavy (non-hydrogen) atoms. The standard InChI is InChI=1S/C8H5F3O2/c9-6-4-2-1-3-5(6)7(10)8(12)13-11/h1-4,7H. The fourth-order valence-corrected chi connectivity index (χ4v) is 0.847. The first-order chi connectivity index (χ1) is 6.16. The minimum Gasteiger partial charge on any atom is -0.251 e. The smallest absolute Gasteiger partial charge is 0.251 e. The van der Waals surface area contributed by atoms with Crippen LogP contribution in [0.2, 0.25) is 0 Å². The third-order valence-corrected chi connectivity index (χ3v) is 1.46. The van der Waals surface area contributed by atoms with Crippen LogP contribution in [0.15, 0.2) is 24.3 Å². The van der Waals surface area contributed by atoms with Gasteiger partial charge in [-0.3, -0.25) is 4.94 Å². The van der Waals surface area contributed by atoms with E-state index in [9.17, 15) is 18.1 Å². The average Bonchev–Trinajstić information content (AvgIpc) is 2.16. The van der Waals surface area contributed by atoms with Gasteiger partial charge in [0, 0.05) is 10.1 Å². The molecule has 0 saturated carbocycles. The quantitative estimate of drug-likeness (QED) is 0.714. The maximum Gasteiger partial charge on any atom is 0.387 e. The molecule has 2 nitrogen and oxygen atoms in total. The van der Waals surface area contributed by atoms with Crippen LogP contribution in [-0.2, 0) is 9.74 Å². The molecule has 0 radical (unpaired) electrons. The van der Waals surface area contributed by atoms with Gasteiger partial charge in [-0.1, -0.05) is 18.2 Å². The van der Waals surface area contributed by atoms with Crippen molar-refractivity contribution in [3.63, 3.8) is 0 Å². The number of alkyl halides is 1. The summed E-state index contributed by atoms with van der Waals surface area (Å²) < 4.78 is 36.8. The number of halogens is 3. The van der Waals surface area contributed by atoms with Gasteiger partial charge in [0.2, 0.25) is 6.17 Å². The molecule has 0 bridgehead atoms. The van der Waals surface area contributed by atoms with Crippen molar-refractivity contribution >= 4 is 5.97 Å². The zero-order valence-electron chi connectivity index (χ0n) is 6.34. The van der Waals surface area contributed by atoms with E-state index < -0.39 is 23.5 Å². The molecule has 1 rings (SSSR count). The molecule has 0 fully saturated rings. The summed E-state index contributed by atoms with van der Waals surface area (Å²) in [5, 5.41) is 0. The Balaban J connectivity index is 2.95. The summed E-state index contributed by atoms with van der Waals surface area (Å²) in [7, 11) is 0. The Kier molecular flexibility index (Phi) is 2.89. The van der Waals surface area contributed by atoms with Crippen LogP contribution in [0.4, 0.5) is 13.3 Å². The van der Waals surface area contributed by atoms with E-state index in [4.69, 9.17) is 0 Å². The molecule has 1 aromatic rings. The van der Waals surface area contributed by atoms with Crippen LogP contribution < -0.4 is 0 Å². The van der Waals surface area contributed by atoms with Crippen molar-refractivity contribution in [2.45, 2.75) is 6.17 Å². The molecule has 0 N–H and O–H groups in total. The number of rotatable bonds is 2. The molecule has 5 heteroatoms. The molecule has 0 saturated heterocycles. The van der Waals surface area contributed by atoms with E-state index in [1.807, 2.05) is 0 Å². The summed E-state index contributed by atoms with van der Waals surface area (Å²) in [5.74, 6) is -2.68. The lowest BCUT2D eigenvalue weighted by Gasteiger charge is -2.03. The normalized spacial score (nSPS) is 12.2. The Morgan fingerprint density at radius 1 is 1.38 bits per heavy atom. The number of hydrogen-bond donors (Lipinski definition) is 0. The summed E-state index contributed by atoms with van der Waals surface area (Å²) in [5.41, 5.74) is -0.537. The van der Waals surface area contributed by atoms with Crippen LogP contribution in [0.1, 0.15) is 11.7 Å². The first kappa shape index (κ1) is 9.57. The number of carbonyl (C=O) groups is 1. The SMILES string of the molecule is O=C(OF)C(F)c1ccccc1F. The van der Waals surface area contributed by atoms with Gasteiger partial charge < -0.3 is 0 Å². The first-order valence-electron chi connectivity index (χ1n) is 3.37. The zero-order chi connectivity index (χ0) is 9.84. The Hall–Kier alpha value is -1.52. The van der Waals surface area contributed by atoms with Crippen molar-refractivity contribution in [2.75, 3.05) is 0 Å². The summed E-state index contributed by atoms with van der Waals surface area (Å²) in [6.07, 6.45) is -2.42. The van der Waals surface area contributed by atoms with E-state index >= 15 is 0 Å². The largest absolute Gasteiger partial charge is 0.387 e. The summed E-state index contributed by atoms with van der Waals surface area (Å²) in [6.45, 7) is 0. The monoisotopic (exact) mass is 190 g/mol.